The topological polar surface area (TPSA) is 302 Å². The van der Waals surface area contributed by atoms with Crippen LogP contribution in [0.25, 0.3) is 0 Å². The Balaban J connectivity index is 0.000000219. The van der Waals surface area contributed by atoms with Crippen LogP contribution >= 0.6 is 51.2 Å². The summed E-state index contributed by atoms with van der Waals surface area (Å²) in [6.07, 6.45) is 11.1. The lowest BCUT2D eigenvalue weighted by molar-refractivity contribution is -0.199. The summed E-state index contributed by atoms with van der Waals surface area (Å²) in [6, 6.07) is 10.3. The zero-order valence-electron chi connectivity index (χ0n) is 68.7. The Labute approximate surface area is 672 Å². The molecule has 3 aromatic carbocycles. The van der Waals surface area contributed by atoms with E-state index in [0.717, 1.165) is 47.0 Å². The Morgan fingerprint density at radius 2 is 1.06 bits per heavy atom. The molecule has 3 amide bonds. The molecule has 2 unspecified atom stereocenters. The predicted octanol–water partition coefficient (Wildman–Crippen LogP) is 12.8. The number of amides is 3. The summed E-state index contributed by atoms with van der Waals surface area (Å²) in [5, 5.41) is 48.9. The highest BCUT2D eigenvalue weighted by Crippen LogP contribution is 2.67. The number of hydrogen-bond donors (Lipinski definition) is 7. The Bertz CT molecular complexity index is 3720. The van der Waals surface area contributed by atoms with Gasteiger partial charge in [-0.25, -0.2) is 4.79 Å². The number of aromatic carboxylic acids is 1. The lowest BCUT2D eigenvalue weighted by Crippen LogP contribution is -2.65. The van der Waals surface area contributed by atoms with Crippen molar-refractivity contribution in [3.8, 4) is 23.0 Å². The molecule has 11 atom stereocenters. The molecule has 12 rings (SSSR count). The van der Waals surface area contributed by atoms with Gasteiger partial charge in [0, 0.05) is 11.9 Å². The molecular formula is C78H123B3BrN3O19S3Si2. The van der Waals surface area contributed by atoms with Crippen LogP contribution < -0.4 is 30.1 Å². The standard InChI is InChI=1S/C32H52BNO6SSi.C24H34BNO5S.C14H18BNO7S.C8H19BrOSi/c1-20-22(12-13-24(29(20)21(2)35)37-14-15-38-42(10,11)30(3,4)5)16-27(34-28(36)19-41-9)33-39-26-18-23-17-25(31(23,6)7)32(26,8)40-33;1-13-15(7-8-17(28)22(13)14(2)27)9-20(26-21(29)12-32-6)25-30-19-11-16-10-18(23(16,3)4)24(19,5)31-25;1-24-7-11(18)16-10-6-8-2-3-9(22-5-4-17)12(14(19)20)13(8)23-15(10)21;1-8(2,3)11(4,5)10-7-6-9/h12-13,23,25-27H,14-19H2,1-11H3,(H,34,36);7-8,16,18-20,28H,9-12H2,1-6H3,(H,26,29);2-3,10,17,21H,4-7H2,1H3,(H,16,18)(H,19,20);6-7H2,1-5H3/t23-,25-,26?,27-,32-;16-,18-,19?,20-,24-;10-;/m000./s1. The first-order chi connectivity index (χ1) is 50.7. The van der Waals surface area contributed by atoms with Crippen LogP contribution in [0, 0.1) is 48.3 Å². The number of halogens is 1. The molecule has 22 nitrogen and oxygen atoms in total. The highest BCUT2D eigenvalue weighted by atomic mass is 79.9. The Morgan fingerprint density at radius 1 is 0.624 bits per heavy atom. The minimum atomic E-state index is -1.88. The zero-order valence-corrected chi connectivity index (χ0v) is 74.8. The molecule has 4 bridgehead atoms. The van der Waals surface area contributed by atoms with Gasteiger partial charge in [-0.15, -0.1) is 0 Å². The second-order valence-corrected chi connectivity index (χ2v) is 47.8. The number of hydrogen-bond acceptors (Lipinski definition) is 21. The Morgan fingerprint density at radius 3 is 1.49 bits per heavy atom. The van der Waals surface area contributed by atoms with Crippen LogP contribution in [-0.2, 0) is 61.1 Å². The van der Waals surface area contributed by atoms with Crippen LogP contribution in [0.1, 0.15) is 182 Å². The lowest BCUT2D eigenvalue weighted by Gasteiger charge is -2.64. The highest BCUT2D eigenvalue weighted by Gasteiger charge is 2.70. The van der Waals surface area contributed by atoms with Gasteiger partial charge in [0.2, 0.25) is 17.7 Å². The number of carboxylic acid groups (broad SMARTS) is 1. The van der Waals surface area contributed by atoms with E-state index in [1.165, 1.54) is 61.1 Å². The molecule has 0 aromatic heterocycles. The van der Waals surface area contributed by atoms with Crippen molar-refractivity contribution < 1.29 is 90.7 Å². The fourth-order valence-corrected chi connectivity index (χ4v) is 19.9. The molecule has 6 saturated carbocycles. The number of phenolic OH excluding ortho intramolecular Hbond substituents is 1. The number of carbonyl (C=O) groups is 6. The second-order valence-electron chi connectivity index (χ2n) is 34.8. The number of carbonyl (C=O) groups excluding carboxylic acids is 5. The number of aliphatic hydroxyl groups excluding tert-OH is 1. The average Bonchev–Trinajstić information content (AvgIpc) is 1.65. The monoisotopic (exact) mass is 1670 g/mol. The van der Waals surface area contributed by atoms with E-state index in [4.69, 9.17) is 46.7 Å². The fraction of sp³-hybridized carbons (Fsp3) is 0.692. The molecule has 9 aliphatic rings. The van der Waals surface area contributed by atoms with Gasteiger partial charge in [0.25, 0.3) is 0 Å². The van der Waals surface area contributed by atoms with E-state index in [9.17, 15) is 44.0 Å². The summed E-state index contributed by atoms with van der Waals surface area (Å²) in [4.78, 5) is 73.5. The highest BCUT2D eigenvalue weighted by molar-refractivity contribution is 9.09. The van der Waals surface area contributed by atoms with Crippen molar-refractivity contribution >= 4 is 124 Å². The van der Waals surface area contributed by atoms with E-state index in [-0.39, 0.29) is 129 Å². The van der Waals surface area contributed by atoms with Crippen LogP contribution in [0.3, 0.4) is 0 Å². The number of rotatable bonds is 29. The first-order valence-corrected chi connectivity index (χ1v) is 49.2. The lowest BCUT2D eigenvalue weighted by atomic mass is 9.43. The molecule has 3 aromatic rings. The maximum atomic E-state index is 12.9. The van der Waals surface area contributed by atoms with Crippen LogP contribution in [0.4, 0.5) is 0 Å². The van der Waals surface area contributed by atoms with E-state index in [2.05, 4.69) is 141 Å². The first-order valence-electron chi connectivity index (χ1n) is 38.1. The summed E-state index contributed by atoms with van der Waals surface area (Å²) in [5.41, 5.74) is 4.43. The van der Waals surface area contributed by atoms with Gasteiger partial charge in [-0.05, 0) is 222 Å². The molecule has 3 heterocycles. The van der Waals surface area contributed by atoms with Gasteiger partial charge in [0.05, 0.1) is 82.8 Å². The minimum absolute atomic E-state index is 0.0146. The molecule has 8 fully saturated rings. The van der Waals surface area contributed by atoms with Crippen molar-refractivity contribution in [3.05, 3.63) is 80.9 Å². The maximum absolute atomic E-state index is 12.9. The maximum Gasteiger partial charge on any atom is 0.547 e. The van der Waals surface area contributed by atoms with Crippen molar-refractivity contribution in [3.63, 3.8) is 0 Å². The third-order valence-electron chi connectivity index (χ3n) is 24.9. The number of fused-ring (bicyclic) bond motifs is 1. The Hall–Kier alpha value is -4.08. The predicted molar refractivity (Wildman–Crippen MR) is 446 cm³/mol. The largest absolute Gasteiger partial charge is 0.547 e. The molecule has 7 N–H and O–H groups in total. The van der Waals surface area contributed by atoms with Gasteiger partial charge in [0.1, 0.15) is 41.8 Å². The van der Waals surface area contributed by atoms with E-state index in [1.54, 1.807) is 25.3 Å². The average molecular weight is 1670 g/mol. The van der Waals surface area contributed by atoms with Gasteiger partial charge in [-0.3, -0.25) is 24.0 Å². The summed E-state index contributed by atoms with van der Waals surface area (Å²) < 4.78 is 55.2. The third kappa shape index (κ3) is 21.3. The van der Waals surface area contributed by atoms with Crippen LogP contribution in [0.5, 0.6) is 23.0 Å². The molecule has 31 heteroatoms. The first kappa shape index (κ1) is 92.1. The molecule has 109 heavy (non-hydrogen) atoms. The molecule has 3 aliphatic heterocycles. The van der Waals surface area contributed by atoms with E-state index >= 15 is 0 Å². The van der Waals surface area contributed by atoms with Crippen LogP contribution in [0.15, 0.2) is 36.4 Å². The molecule has 2 saturated heterocycles. The zero-order chi connectivity index (χ0) is 81.5. The number of ketones is 2. The number of aliphatic hydroxyl groups is 1. The number of alkyl halides is 1. The number of Topliss-reactive ketones (excluding diaryl/α,β-unsaturated/α-hetero) is 2. The van der Waals surface area contributed by atoms with Gasteiger partial charge in [-0.1, -0.05) is 103 Å². The van der Waals surface area contributed by atoms with Gasteiger partial charge >= 0.3 is 27.3 Å². The molecule has 0 spiro atoms. The number of nitrogens with one attached hydrogen (secondary N) is 3. The number of carboxylic acids is 1. The van der Waals surface area contributed by atoms with Gasteiger partial charge in [0.15, 0.2) is 28.2 Å². The van der Waals surface area contributed by atoms with Crippen molar-refractivity contribution in [2.75, 3.05) is 74.4 Å². The quantitative estimate of drug-likeness (QED) is 0.0147. The fourth-order valence-electron chi connectivity index (χ4n) is 16.3. The van der Waals surface area contributed by atoms with Crippen molar-refractivity contribution in [2.24, 2.45) is 34.5 Å². The molecule has 0 radical (unpaired) electrons. The summed E-state index contributed by atoms with van der Waals surface area (Å²) in [5.74, 6) is 0.475. The minimum Gasteiger partial charge on any atom is -0.534 e. The summed E-state index contributed by atoms with van der Waals surface area (Å²) in [7, 11) is -5.81. The SMILES string of the molecule is CC(C)(C)[Si](C)(C)OCCBr.CSCC(=O)N[C@@H](Cc1ccc(O)c(C(C)=O)c1C)B1OC2C[C@@H]3C[C@@H](C3(C)C)[C@]2(C)O1.CSCC(=O)N[C@@H](Cc1ccc(OCCO[Si](C)(C)C(C)(C)C)c(C(C)=O)c1C)B1OC2C[C@@H]3C[C@@H](C3(C)C)[C@]2(C)O1.CSCC(=O)N[C@H]1Cc2ccc(OCCO)c(C(=O)O)c2OB1O. The number of phenols is 1. The van der Waals surface area contributed by atoms with Gasteiger partial charge < -0.3 is 77.9 Å². The van der Waals surface area contributed by atoms with Crippen molar-refractivity contribution in [1.82, 2.24) is 16.0 Å². The van der Waals surface area contributed by atoms with Crippen molar-refractivity contribution in [1.29, 1.82) is 0 Å². The third-order valence-corrected chi connectivity index (χ3v) is 35.9. The Kier molecular flexibility index (Phi) is 31.8. The van der Waals surface area contributed by atoms with Crippen LogP contribution in [0.2, 0.25) is 36.3 Å². The number of aromatic hydroxyl groups is 1. The molecular weight excluding hydrogens is 1550 g/mol. The molecule has 6 aliphatic carbocycles. The number of thioether (sulfide) groups is 3. The second kappa shape index (κ2) is 37.7. The summed E-state index contributed by atoms with van der Waals surface area (Å²) in [6.45, 7) is 44.3. The number of benzene rings is 3. The van der Waals surface area contributed by atoms with E-state index in [1.807, 2.05) is 44.6 Å². The summed E-state index contributed by atoms with van der Waals surface area (Å²) >= 11 is 7.67. The van der Waals surface area contributed by atoms with Crippen molar-refractivity contribution in [2.45, 2.75) is 233 Å². The number of ether oxygens (including phenoxy) is 2. The van der Waals surface area contributed by atoms with E-state index in [0.29, 0.717) is 88.7 Å². The normalized spacial score (nSPS) is 24.5. The molecule has 606 valence electrons. The van der Waals surface area contributed by atoms with E-state index < -0.39 is 49.9 Å². The smallest absolute Gasteiger partial charge is 0.534 e. The van der Waals surface area contributed by atoms with Gasteiger partial charge in [-0.2, -0.15) is 35.3 Å². The van der Waals surface area contributed by atoms with Crippen LogP contribution in [-0.4, -0.2) is 209 Å².